The molecule has 0 amide bonds. The molecule has 4 heteroatoms. The number of rotatable bonds is 5. The summed E-state index contributed by atoms with van der Waals surface area (Å²) in [5.74, 6) is -0.398. The second kappa shape index (κ2) is 6.34. The lowest BCUT2D eigenvalue weighted by Gasteiger charge is -2.27. The molecule has 0 aliphatic carbocycles. The van der Waals surface area contributed by atoms with Gasteiger partial charge in [0.2, 0.25) is 0 Å². The predicted octanol–water partition coefficient (Wildman–Crippen LogP) is 3.07. The van der Waals surface area contributed by atoms with Gasteiger partial charge in [0.25, 0.3) is 0 Å². The van der Waals surface area contributed by atoms with Crippen LogP contribution >= 0.6 is 11.6 Å². The highest BCUT2D eigenvalue weighted by Gasteiger charge is 2.13. The molecule has 0 bridgehead atoms. The van der Waals surface area contributed by atoms with Gasteiger partial charge in [-0.25, -0.2) is 4.39 Å². The first-order valence-electron chi connectivity index (χ1n) is 5.76. The third-order valence-corrected chi connectivity index (χ3v) is 2.91. The zero-order valence-electron chi connectivity index (χ0n) is 10.5. The number of hydrogen-bond donors (Lipinski definition) is 1. The molecule has 1 unspecified atom stereocenters. The molecule has 0 aliphatic rings. The molecule has 2 nitrogen and oxygen atoms in total. The van der Waals surface area contributed by atoms with E-state index in [1.165, 1.54) is 6.07 Å². The molecular formula is C13H19ClFNO. The third-order valence-electron chi connectivity index (χ3n) is 2.60. The van der Waals surface area contributed by atoms with Gasteiger partial charge in [0.15, 0.2) is 0 Å². The number of benzene rings is 1. The Hall–Kier alpha value is -0.640. The molecule has 0 aliphatic heterocycles. The van der Waals surface area contributed by atoms with Gasteiger partial charge in [-0.1, -0.05) is 17.7 Å². The first-order valence-corrected chi connectivity index (χ1v) is 6.14. The van der Waals surface area contributed by atoms with E-state index in [0.717, 1.165) is 5.56 Å². The summed E-state index contributed by atoms with van der Waals surface area (Å²) in [7, 11) is 0. The van der Waals surface area contributed by atoms with Crippen LogP contribution in [-0.4, -0.2) is 28.7 Å². The van der Waals surface area contributed by atoms with Crippen LogP contribution in [0, 0.1) is 5.82 Å². The van der Waals surface area contributed by atoms with Gasteiger partial charge in [-0.05, 0) is 38.5 Å². The molecule has 0 fully saturated rings. The number of aliphatic hydroxyl groups excluding tert-OH is 1. The first-order chi connectivity index (χ1) is 7.90. The topological polar surface area (TPSA) is 23.5 Å². The Morgan fingerprint density at radius 1 is 1.35 bits per heavy atom. The Balaban J connectivity index is 2.75. The molecule has 0 saturated carbocycles. The molecule has 0 radical (unpaired) electrons. The highest BCUT2D eigenvalue weighted by molar-refractivity contribution is 6.30. The normalized spacial score (nSPS) is 13.4. The first kappa shape index (κ1) is 14.4. The SMILES string of the molecule is CC(O)CN(Cc1ccc(Cl)c(F)c1)C(C)C. The van der Waals surface area contributed by atoms with Gasteiger partial charge >= 0.3 is 0 Å². The van der Waals surface area contributed by atoms with E-state index < -0.39 is 11.9 Å². The summed E-state index contributed by atoms with van der Waals surface area (Å²) in [6.07, 6.45) is -0.394. The van der Waals surface area contributed by atoms with E-state index in [1.807, 2.05) is 6.07 Å². The molecular weight excluding hydrogens is 241 g/mol. The summed E-state index contributed by atoms with van der Waals surface area (Å²) >= 11 is 5.64. The fourth-order valence-electron chi connectivity index (χ4n) is 1.67. The lowest BCUT2D eigenvalue weighted by molar-refractivity contribution is 0.103. The van der Waals surface area contributed by atoms with Crippen LogP contribution < -0.4 is 0 Å². The van der Waals surface area contributed by atoms with Crippen molar-refractivity contribution in [3.05, 3.63) is 34.6 Å². The van der Waals surface area contributed by atoms with E-state index in [9.17, 15) is 9.50 Å². The van der Waals surface area contributed by atoms with E-state index >= 15 is 0 Å². The maximum atomic E-state index is 13.3. The molecule has 1 N–H and O–H groups in total. The minimum atomic E-state index is -0.398. The molecule has 1 aromatic rings. The van der Waals surface area contributed by atoms with E-state index in [0.29, 0.717) is 19.1 Å². The Morgan fingerprint density at radius 3 is 2.47 bits per heavy atom. The lowest BCUT2D eigenvalue weighted by atomic mass is 10.1. The van der Waals surface area contributed by atoms with Crippen LogP contribution in [0.5, 0.6) is 0 Å². The molecule has 0 heterocycles. The van der Waals surface area contributed by atoms with E-state index in [1.54, 1.807) is 13.0 Å². The van der Waals surface area contributed by atoms with Crippen molar-refractivity contribution in [1.29, 1.82) is 0 Å². The molecule has 1 atom stereocenters. The largest absolute Gasteiger partial charge is 0.392 e. The summed E-state index contributed by atoms with van der Waals surface area (Å²) in [4.78, 5) is 2.09. The second-order valence-electron chi connectivity index (χ2n) is 4.62. The van der Waals surface area contributed by atoms with E-state index in [-0.39, 0.29) is 5.02 Å². The van der Waals surface area contributed by atoms with Gasteiger partial charge in [-0.3, -0.25) is 4.90 Å². The van der Waals surface area contributed by atoms with Gasteiger partial charge in [-0.2, -0.15) is 0 Å². The predicted molar refractivity (Wildman–Crippen MR) is 68.6 cm³/mol. The van der Waals surface area contributed by atoms with Crippen LogP contribution in [0.2, 0.25) is 5.02 Å². The Kier molecular flexibility index (Phi) is 5.37. The maximum Gasteiger partial charge on any atom is 0.142 e. The average Bonchev–Trinajstić information content (AvgIpc) is 2.21. The van der Waals surface area contributed by atoms with E-state index in [2.05, 4.69) is 18.7 Å². The van der Waals surface area contributed by atoms with Gasteiger partial charge < -0.3 is 5.11 Å². The van der Waals surface area contributed by atoms with Crippen LogP contribution in [0.3, 0.4) is 0 Å². The number of halogens is 2. The summed E-state index contributed by atoms with van der Waals surface area (Å²) in [6.45, 7) is 7.03. The van der Waals surface area contributed by atoms with Crippen molar-refractivity contribution in [3.8, 4) is 0 Å². The van der Waals surface area contributed by atoms with Gasteiger partial charge in [0, 0.05) is 19.1 Å². The highest BCUT2D eigenvalue weighted by atomic mass is 35.5. The molecule has 0 spiro atoms. The van der Waals surface area contributed by atoms with Crippen LogP contribution in [0.25, 0.3) is 0 Å². The summed E-state index contributed by atoms with van der Waals surface area (Å²) < 4.78 is 13.3. The third kappa shape index (κ3) is 4.62. The van der Waals surface area contributed by atoms with Crippen LogP contribution in [0.1, 0.15) is 26.3 Å². The zero-order chi connectivity index (χ0) is 13.0. The van der Waals surface area contributed by atoms with E-state index in [4.69, 9.17) is 11.6 Å². The number of nitrogens with zero attached hydrogens (tertiary/aromatic N) is 1. The van der Waals surface area contributed by atoms with Crippen molar-refractivity contribution >= 4 is 11.6 Å². The molecule has 0 aromatic heterocycles. The van der Waals surface area contributed by atoms with Crippen molar-refractivity contribution < 1.29 is 9.50 Å². The maximum absolute atomic E-state index is 13.3. The average molecular weight is 260 g/mol. The van der Waals surface area contributed by atoms with Gasteiger partial charge in [0.05, 0.1) is 11.1 Å². The summed E-state index contributed by atoms with van der Waals surface area (Å²) in [5.41, 5.74) is 0.862. The minimum absolute atomic E-state index is 0.139. The van der Waals surface area contributed by atoms with Gasteiger partial charge in [-0.15, -0.1) is 0 Å². The van der Waals surface area contributed by atoms with Crippen LogP contribution in [0.15, 0.2) is 18.2 Å². The summed E-state index contributed by atoms with van der Waals surface area (Å²) in [5, 5.41) is 9.55. The zero-order valence-corrected chi connectivity index (χ0v) is 11.2. The molecule has 17 heavy (non-hydrogen) atoms. The molecule has 0 saturated heterocycles. The Morgan fingerprint density at radius 2 is 2.00 bits per heavy atom. The van der Waals surface area contributed by atoms with Crippen LogP contribution in [0.4, 0.5) is 4.39 Å². The second-order valence-corrected chi connectivity index (χ2v) is 5.03. The fourth-order valence-corrected chi connectivity index (χ4v) is 1.79. The van der Waals surface area contributed by atoms with Crippen molar-refractivity contribution in [2.24, 2.45) is 0 Å². The van der Waals surface area contributed by atoms with Crippen LogP contribution in [-0.2, 0) is 6.54 Å². The number of hydrogen-bond acceptors (Lipinski definition) is 2. The Labute approximate surface area is 107 Å². The lowest BCUT2D eigenvalue weighted by Crippen LogP contribution is -2.36. The van der Waals surface area contributed by atoms with Crippen molar-refractivity contribution in [2.45, 2.75) is 39.5 Å². The van der Waals surface area contributed by atoms with Crippen molar-refractivity contribution in [3.63, 3.8) is 0 Å². The quantitative estimate of drug-likeness (QED) is 0.879. The molecule has 1 aromatic carbocycles. The standard InChI is InChI=1S/C13H19ClFNO/c1-9(2)16(7-10(3)17)8-11-4-5-12(14)13(15)6-11/h4-6,9-10,17H,7-8H2,1-3H3. The Bertz CT molecular complexity index is 368. The fraction of sp³-hybridized carbons (Fsp3) is 0.538. The minimum Gasteiger partial charge on any atom is -0.392 e. The number of aliphatic hydroxyl groups is 1. The molecule has 96 valence electrons. The molecule has 1 rings (SSSR count). The summed E-state index contributed by atoms with van der Waals surface area (Å²) in [6, 6.07) is 5.11. The monoisotopic (exact) mass is 259 g/mol. The van der Waals surface area contributed by atoms with Gasteiger partial charge in [0.1, 0.15) is 5.82 Å². The highest BCUT2D eigenvalue weighted by Crippen LogP contribution is 2.17. The van der Waals surface area contributed by atoms with Crippen molar-refractivity contribution in [2.75, 3.05) is 6.54 Å². The smallest absolute Gasteiger partial charge is 0.142 e. The van der Waals surface area contributed by atoms with Crippen molar-refractivity contribution in [1.82, 2.24) is 4.90 Å².